The van der Waals surface area contributed by atoms with Crippen molar-refractivity contribution in [3.63, 3.8) is 0 Å². The molecular weight excluding hydrogens is 413 g/mol. The van der Waals surface area contributed by atoms with Gasteiger partial charge in [0.25, 0.3) is 0 Å². The Bertz CT molecular complexity index is 1050. The number of aromatic nitrogens is 5. The van der Waals surface area contributed by atoms with Crippen molar-refractivity contribution in [2.75, 3.05) is 17.2 Å². The fourth-order valence-electron chi connectivity index (χ4n) is 3.10. The minimum Gasteiger partial charge on any atom is -0.387 e. The summed E-state index contributed by atoms with van der Waals surface area (Å²) in [5.41, 5.74) is 3.70. The Morgan fingerprint density at radius 3 is 2.66 bits per heavy atom. The summed E-state index contributed by atoms with van der Waals surface area (Å²) in [5, 5.41) is 16.5. The number of rotatable bonds is 8. The third kappa shape index (κ3) is 5.58. The summed E-state index contributed by atoms with van der Waals surface area (Å²) < 4.78 is 13.1. The van der Waals surface area contributed by atoms with Gasteiger partial charge in [-0.05, 0) is 31.4 Å². The average molecular weight is 439 g/mol. The lowest BCUT2D eigenvalue weighted by Gasteiger charge is -2.14. The molecule has 3 heterocycles. The van der Waals surface area contributed by atoms with E-state index in [4.69, 9.17) is 4.79 Å². The molecule has 3 unspecified atom stereocenters. The Kier molecular flexibility index (Phi) is 7.72. The van der Waals surface area contributed by atoms with Crippen LogP contribution < -0.4 is 10.6 Å². The Balaban J connectivity index is 0.00000141. The fourth-order valence-corrected chi connectivity index (χ4v) is 3.10. The van der Waals surface area contributed by atoms with Gasteiger partial charge in [0.1, 0.15) is 37.3 Å². The molecule has 0 spiro atoms. The number of pyridine rings is 1. The van der Waals surface area contributed by atoms with E-state index in [0.717, 1.165) is 11.3 Å². The number of nitrogens with one attached hydrogen (secondary N) is 2. The van der Waals surface area contributed by atoms with E-state index in [1.165, 1.54) is 12.7 Å². The molecule has 3 aromatic heterocycles. The van der Waals surface area contributed by atoms with Crippen LogP contribution in [0.25, 0.3) is 11.3 Å². The third-order valence-electron chi connectivity index (χ3n) is 5.15. The second-order valence-electron chi connectivity index (χ2n) is 7.44. The smallest absolute Gasteiger partial charge is 0.143 e. The number of carbonyl (C=O) groups is 1. The van der Waals surface area contributed by atoms with Gasteiger partial charge in [0, 0.05) is 24.7 Å². The predicted octanol–water partition coefficient (Wildman–Crippen LogP) is 3.41. The van der Waals surface area contributed by atoms with Gasteiger partial charge in [-0.3, -0.25) is 4.98 Å². The van der Waals surface area contributed by atoms with Crippen molar-refractivity contribution in [1.82, 2.24) is 24.9 Å². The Labute approximate surface area is 185 Å². The SMILES string of the molecule is C=O.CCC(O)c1cc(C)c(Nc2ncncc2-c2cc(NCC3CC3F)ncn2)cn1. The standard InChI is InChI=1S/C21H24FN7O.CH2O/c1-3-19(30)17-4-12(2)18(9-24-17)29-21-14(8-23-10-28-21)16-6-20(27-11-26-16)25-7-13-5-15(13)22;1-2/h4,6,8-11,13,15,19,30H,3,5,7H2,1-2H3,(H,23,28,29)(H,25,26,27);1H2. The van der Waals surface area contributed by atoms with Crippen molar-refractivity contribution in [1.29, 1.82) is 0 Å². The maximum absolute atomic E-state index is 13.1. The number of anilines is 3. The van der Waals surface area contributed by atoms with Gasteiger partial charge < -0.3 is 20.5 Å². The van der Waals surface area contributed by atoms with Crippen molar-refractivity contribution in [3.05, 3.63) is 48.4 Å². The summed E-state index contributed by atoms with van der Waals surface area (Å²) >= 11 is 0. The minimum atomic E-state index is -0.709. The number of aryl methyl sites for hydroxylation is 1. The Morgan fingerprint density at radius 1 is 1.19 bits per heavy atom. The van der Waals surface area contributed by atoms with Crippen LogP contribution in [-0.2, 0) is 4.79 Å². The molecule has 3 aromatic rings. The maximum Gasteiger partial charge on any atom is 0.143 e. The highest BCUT2D eigenvalue weighted by atomic mass is 19.1. The highest BCUT2D eigenvalue weighted by molar-refractivity contribution is 5.76. The number of aliphatic hydroxyl groups is 1. The third-order valence-corrected chi connectivity index (χ3v) is 5.15. The average Bonchev–Trinajstić information content (AvgIpc) is 3.55. The Morgan fingerprint density at radius 2 is 1.97 bits per heavy atom. The van der Waals surface area contributed by atoms with Crippen LogP contribution in [0.15, 0.2) is 37.2 Å². The van der Waals surface area contributed by atoms with Crippen LogP contribution >= 0.6 is 0 Å². The molecule has 1 saturated carbocycles. The van der Waals surface area contributed by atoms with Crippen LogP contribution in [0.1, 0.15) is 37.1 Å². The molecule has 0 saturated heterocycles. The zero-order chi connectivity index (χ0) is 23.1. The van der Waals surface area contributed by atoms with E-state index in [9.17, 15) is 9.50 Å². The molecule has 3 atom stereocenters. The first-order valence-corrected chi connectivity index (χ1v) is 10.3. The minimum absolute atomic E-state index is 0.0605. The van der Waals surface area contributed by atoms with Gasteiger partial charge in [0.2, 0.25) is 0 Å². The molecule has 168 valence electrons. The second kappa shape index (κ2) is 10.7. The molecule has 4 rings (SSSR count). The Hall–Kier alpha value is -3.53. The zero-order valence-corrected chi connectivity index (χ0v) is 18.0. The van der Waals surface area contributed by atoms with Crippen LogP contribution in [0, 0.1) is 12.8 Å². The number of alkyl halides is 1. The quantitative estimate of drug-likeness (QED) is 0.484. The van der Waals surface area contributed by atoms with E-state index in [2.05, 4.69) is 35.6 Å². The topological polar surface area (TPSA) is 126 Å². The molecular formula is C22H26FN7O2. The summed E-state index contributed by atoms with van der Waals surface area (Å²) in [7, 11) is 0. The monoisotopic (exact) mass is 439 g/mol. The van der Waals surface area contributed by atoms with Gasteiger partial charge in [-0.2, -0.15) is 0 Å². The maximum atomic E-state index is 13.1. The number of hydrogen-bond donors (Lipinski definition) is 3. The number of aliphatic hydroxyl groups excluding tert-OH is 1. The van der Waals surface area contributed by atoms with E-state index < -0.39 is 12.3 Å². The molecule has 1 aliphatic rings. The summed E-state index contributed by atoms with van der Waals surface area (Å²) in [4.78, 5) is 29.4. The van der Waals surface area contributed by atoms with E-state index in [1.807, 2.05) is 26.7 Å². The highest BCUT2D eigenvalue weighted by Gasteiger charge is 2.36. The molecule has 0 bridgehead atoms. The number of carbonyl (C=O) groups excluding carboxylic acids is 1. The van der Waals surface area contributed by atoms with E-state index in [-0.39, 0.29) is 5.92 Å². The van der Waals surface area contributed by atoms with Gasteiger partial charge in [-0.1, -0.05) is 6.92 Å². The normalized spacial score (nSPS) is 17.6. The summed E-state index contributed by atoms with van der Waals surface area (Å²) in [6, 6.07) is 3.66. The van der Waals surface area contributed by atoms with Crippen LogP contribution in [0.2, 0.25) is 0 Å². The number of hydrogen-bond acceptors (Lipinski definition) is 9. The molecule has 0 aliphatic heterocycles. The second-order valence-corrected chi connectivity index (χ2v) is 7.44. The molecule has 0 aromatic carbocycles. The van der Waals surface area contributed by atoms with Crippen LogP contribution in [0.3, 0.4) is 0 Å². The first kappa shape index (κ1) is 23.1. The number of halogens is 1. The highest BCUT2D eigenvalue weighted by Crippen LogP contribution is 2.34. The molecule has 32 heavy (non-hydrogen) atoms. The lowest BCUT2D eigenvalue weighted by Crippen LogP contribution is -2.07. The fraction of sp³-hybridized carbons (Fsp3) is 0.364. The van der Waals surface area contributed by atoms with Crippen molar-refractivity contribution < 1.29 is 14.3 Å². The first-order chi connectivity index (χ1) is 15.5. The largest absolute Gasteiger partial charge is 0.387 e. The molecule has 3 N–H and O–H groups in total. The van der Waals surface area contributed by atoms with Crippen LogP contribution in [0.4, 0.5) is 21.7 Å². The summed E-state index contributed by atoms with van der Waals surface area (Å²) in [6.07, 6.45) is 6.20. The van der Waals surface area contributed by atoms with Crippen molar-refractivity contribution in [3.8, 4) is 11.3 Å². The van der Waals surface area contributed by atoms with Gasteiger partial charge in [0.05, 0.1) is 34.9 Å². The van der Waals surface area contributed by atoms with Gasteiger partial charge in [-0.15, -0.1) is 0 Å². The van der Waals surface area contributed by atoms with Crippen LogP contribution in [-0.4, -0.2) is 49.5 Å². The summed E-state index contributed by atoms with van der Waals surface area (Å²) in [5.74, 6) is 1.27. The van der Waals surface area contributed by atoms with Crippen molar-refractivity contribution >= 4 is 24.1 Å². The molecule has 0 amide bonds. The molecule has 1 aliphatic carbocycles. The summed E-state index contributed by atoms with van der Waals surface area (Å²) in [6.45, 7) is 6.40. The number of nitrogens with zero attached hydrogens (tertiary/aromatic N) is 5. The van der Waals surface area contributed by atoms with Crippen molar-refractivity contribution in [2.24, 2.45) is 5.92 Å². The van der Waals surface area contributed by atoms with Gasteiger partial charge in [0.15, 0.2) is 0 Å². The molecule has 1 fully saturated rings. The predicted molar refractivity (Wildman–Crippen MR) is 119 cm³/mol. The molecule has 10 heteroatoms. The van der Waals surface area contributed by atoms with Gasteiger partial charge in [-0.25, -0.2) is 24.3 Å². The molecule has 0 radical (unpaired) electrons. The van der Waals surface area contributed by atoms with E-state index in [1.54, 1.807) is 18.5 Å². The van der Waals surface area contributed by atoms with Gasteiger partial charge >= 0.3 is 0 Å². The first-order valence-electron chi connectivity index (χ1n) is 10.3. The molecule has 9 nitrogen and oxygen atoms in total. The van der Waals surface area contributed by atoms with Crippen LogP contribution in [0.5, 0.6) is 0 Å². The van der Waals surface area contributed by atoms with E-state index >= 15 is 0 Å². The lowest BCUT2D eigenvalue weighted by molar-refractivity contribution is -0.0980. The van der Waals surface area contributed by atoms with E-state index in [0.29, 0.717) is 48.0 Å². The lowest BCUT2D eigenvalue weighted by atomic mass is 10.1. The van der Waals surface area contributed by atoms with Crippen molar-refractivity contribution in [2.45, 2.75) is 39.0 Å². The zero-order valence-electron chi connectivity index (χ0n) is 18.0.